The van der Waals surface area contributed by atoms with Crippen LogP contribution in [0, 0.1) is 0 Å². The minimum Gasteiger partial charge on any atom is -0.507 e. The molecule has 0 aliphatic rings. The largest absolute Gasteiger partial charge is 0.507 e. The van der Waals surface area contributed by atoms with Crippen LogP contribution in [0.4, 0.5) is 0 Å². The molecule has 1 atom stereocenters. The lowest BCUT2D eigenvalue weighted by Gasteiger charge is -2.09. The van der Waals surface area contributed by atoms with Gasteiger partial charge in [0.15, 0.2) is 0 Å². The highest BCUT2D eigenvalue weighted by molar-refractivity contribution is 9.10. The van der Waals surface area contributed by atoms with Crippen molar-refractivity contribution in [2.45, 2.75) is 12.5 Å². The van der Waals surface area contributed by atoms with E-state index in [2.05, 4.69) is 22.5 Å². The van der Waals surface area contributed by atoms with Gasteiger partial charge >= 0.3 is 0 Å². The molecule has 1 rings (SSSR count). The third-order valence-corrected chi connectivity index (χ3v) is 2.46. The molecule has 0 unspecified atom stereocenters. The second-order valence-corrected chi connectivity index (χ2v) is 3.70. The summed E-state index contributed by atoms with van der Waals surface area (Å²) in [5, 5.41) is 9.25. The van der Waals surface area contributed by atoms with Crippen LogP contribution >= 0.6 is 15.9 Å². The molecule has 0 saturated heterocycles. The van der Waals surface area contributed by atoms with Gasteiger partial charge in [-0.2, -0.15) is 0 Å². The zero-order valence-corrected chi connectivity index (χ0v) is 8.79. The van der Waals surface area contributed by atoms with E-state index in [0.717, 1.165) is 12.0 Å². The molecule has 0 amide bonds. The molecule has 2 nitrogen and oxygen atoms in total. The van der Waals surface area contributed by atoms with E-state index in [1.54, 1.807) is 12.1 Å². The Balaban J connectivity index is 2.89. The van der Waals surface area contributed by atoms with Crippen LogP contribution in [0.2, 0.25) is 0 Å². The van der Waals surface area contributed by atoms with Crippen LogP contribution in [0.1, 0.15) is 18.0 Å². The van der Waals surface area contributed by atoms with Crippen LogP contribution in [-0.2, 0) is 0 Å². The van der Waals surface area contributed by atoms with Gasteiger partial charge in [-0.3, -0.25) is 0 Å². The SMILES string of the molecule is C=CC[C@@H](N)c1ccc(O)c(Br)c1. The fourth-order valence-electron chi connectivity index (χ4n) is 1.07. The highest BCUT2D eigenvalue weighted by Crippen LogP contribution is 2.27. The molecule has 0 heterocycles. The minimum atomic E-state index is -0.0469. The van der Waals surface area contributed by atoms with Crippen LogP contribution in [0.3, 0.4) is 0 Å². The summed E-state index contributed by atoms with van der Waals surface area (Å²) in [4.78, 5) is 0. The summed E-state index contributed by atoms with van der Waals surface area (Å²) in [5.41, 5.74) is 6.84. The van der Waals surface area contributed by atoms with E-state index < -0.39 is 0 Å². The second-order valence-electron chi connectivity index (χ2n) is 2.84. The van der Waals surface area contributed by atoms with Gasteiger partial charge in [0.2, 0.25) is 0 Å². The Labute approximate surface area is 86.2 Å². The van der Waals surface area contributed by atoms with Gasteiger partial charge in [-0.25, -0.2) is 0 Å². The Morgan fingerprint density at radius 1 is 1.62 bits per heavy atom. The van der Waals surface area contributed by atoms with Gasteiger partial charge in [0.05, 0.1) is 4.47 Å². The summed E-state index contributed by atoms with van der Waals surface area (Å²) in [7, 11) is 0. The molecule has 3 heteroatoms. The summed E-state index contributed by atoms with van der Waals surface area (Å²) in [6.07, 6.45) is 2.52. The number of rotatable bonds is 3. The fourth-order valence-corrected chi connectivity index (χ4v) is 1.47. The Bertz CT molecular complexity index is 312. The number of benzene rings is 1. The highest BCUT2D eigenvalue weighted by Gasteiger charge is 2.05. The summed E-state index contributed by atoms with van der Waals surface area (Å²) in [5.74, 6) is 0.231. The third-order valence-electron chi connectivity index (χ3n) is 1.82. The molecule has 0 radical (unpaired) electrons. The summed E-state index contributed by atoms with van der Waals surface area (Å²) in [6, 6.07) is 5.22. The molecule has 0 aliphatic carbocycles. The molecule has 0 fully saturated rings. The number of hydrogen-bond donors (Lipinski definition) is 2. The predicted octanol–water partition coefficient (Wildman–Crippen LogP) is 2.73. The van der Waals surface area contributed by atoms with Crippen molar-refractivity contribution in [3.05, 3.63) is 40.9 Å². The van der Waals surface area contributed by atoms with Gasteiger partial charge in [-0.15, -0.1) is 6.58 Å². The van der Waals surface area contributed by atoms with Crippen LogP contribution in [0.25, 0.3) is 0 Å². The first-order valence-electron chi connectivity index (χ1n) is 4.00. The molecule has 13 heavy (non-hydrogen) atoms. The van der Waals surface area contributed by atoms with E-state index in [9.17, 15) is 5.11 Å². The van der Waals surface area contributed by atoms with E-state index in [1.165, 1.54) is 0 Å². The normalized spacial score (nSPS) is 12.5. The van der Waals surface area contributed by atoms with Crippen molar-refractivity contribution in [1.82, 2.24) is 0 Å². The number of aromatic hydroxyl groups is 1. The third kappa shape index (κ3) is 2.57. The van der Waals surface area contributed by atoms with Crippen molar-refractivity contribution in [2.24, 2.45) is 5.73 Å². The molecular formula is C10H12BrNO. The average molecular weight is 242 g/mol. The highest BCUT2D eigenvalue weighted by atomic mass is 79.9. The lowest BCUT2D eigenvalue weighted by molar-refractivity contribution is 0.471. The van der Waals surface area contributed by atoms with Gasteiger partial charge in [0.1, 0.15) is 5.75 Å². The van der Waals surface area contributed by atoms with E-state index in [0.29, 0.717) is 4.47 Å². The number of phenols is 1. The number of nitrogens with two attached hydrogens (primary N) is 1. The first-order valence-corrected chi connectivity index (χ1v) is 4.79. The fraction of sp³-hybridized carbons (Fsp3) is 0.200. The lowest BCUT2D eigenvalue weighted by atomic mass is 10.1. The topological polar surface area (TPSA) is 46.2 Å². The molecule has 0 aliphatic heterocycles. The molecule has 0 aromatic heterocycles. The van der Waals surface area contributed by atoms with Gasteiger partial charge in [-0.05, 0) is 40.0 Å². The number of phenolic OH excluding ortho intramolecular Hbond substituents is 1. The molecular weight excluding hydrogens is 230 g/mol. The van der Waals surface area contributed by atoms with Gasteiger partial charge in [0, 0.05) is 6.04 Å². The maximum absolute atomic E-state index is 9.25. The van der Waals surface area contributed by atoms with Gasteiger partial charge in [0.25, 0.3) is 0 Å². The first kappa shape index (κ1) is 10.3. The van der Waals surface area contributed by atoms with Crippen LogP contribution in [0.5, 0.6) is 5.75 Å². The maximum Gasteiger partial charge on any atom is 0.129 e. The van der Waals surface area contributed by atoms with E-state index in [1.807, 2.05) is 12.1 Å². The maximum atomic E-state index is 9.25. The zero-order valence-electron chi connectivity index (χ0n) is 7.20. The van der Waals surface area contributed by atoms with Crippen molar-refractivity contribution >= 4 is 15.9 Å². The summed E-state index contributed by atoms with van der Waals surface area (Å²) >= 11 is 3.23. The van der Waals surface area contributed by atoms with Crippen molar-refractivity contribution < 1.29 is 5.11 Å². The monoisotopic (exact) mass is 241 g/mol. The summed E-state index contributed by atoms with van der Waals surface area (Å²) < 4.78 is 0.671. The molecule has 1 aromatic carbocycles. The standard InChI is InChI=1S/C10H12BrNO/c1-2-3-9(12)7-4-5-10(13)8(11)6-7/h2,4-6,9,13H,1,3,12H2/t9-/m1/s1. The lowest BCUT2D eigenvalue weighted by Crippen LogP contribution is -2.08. The zero-order chi connectivity index (χ0) is 9.84. The average Bonchev–Trinajstić information content (AvgIpc) is 2.10. The van der Waals surface area contributed by atoms with Crippen molar-refractivity contribution in [1.29, 1.82) is 0 Å². The van der Waals surface area contributed by atoms with Gasteiger partial charge < -0.3 is 10.8 Å². The van der Waals surface area contributed by atoms with Crippen molar-refractivity contribution in [3.8, 4) is 5.75 Å². The molecule has 0 bridgehead atoms. The molecule has 1 aromatic rings. The predicted molar refractivity (Wildman–Crippen MR) is 57.5 cm³/mol. The molecule has 70 valence electrons. The Hall–Kier alpha value is -0.800. The first-order chi connectivity index (χ1) is 6.15. The summed E-state index contributed by atoms with van der Waals surface area (Å²) in [6.45, 7) is 3.63. The van der Waals surface area contributed by atoms with E-state index in [-0.39, 0.29) is 11.8 Å². The second kappa shape index (κ2) is 4.44. The molecule has 0 spiro atoms. The van der Waals surface area contributed by atoms with Crippen molar-refractivity contribution in [2.75, 3.05) is 0 Å². The van der Waals surface area contributed by atoms with Crippen LogP contribution < -0.4 is 5.73 Å². The molecule has 3 N–H and O–H groups in total. The van der Waals surface area contributed by atoms with E-state index >= 15 is 0 Å². The van der Waals surface area contributed by atoms with Gasteiger partial charge in [-0.1, -0.05) is 12.1 Å². The van der Waals surface area contributed by atoms with Crippen LogP contribution in [0.15, 0.2) is 35.3 Å². The Morgan fingerprint density at radius 3 is 2.85 bits per heavy atom. The minimum absolute atomic E-state index is 0.0469. The number of halogens is 1. The smallest absolute Gasteiger partial charge is 0.129 e. The Morgan fingerprint density at radius 2 is 2.31 bits per heavy atom. The van der Waals surface area contributed by atoms with E-state index in [4.69, 9.17) is 5.73 Å². The molecule has 0 saturated carbocycles. The Kier molecular flexibility index (Phi) is 3.51. The van der Waals surface area contributed by atoms with Crippen molar-refractivity contribution in [3.63, 3.8) is 0 Å². The number of hydrogen-bond acceptors (Lipinski definition) is 2. The quantitative estimate of drug-likeness (QED) is 0.800. The van der Waals surface area contributed by atoms with Crippen LogP contribution in [-0.4, -0.2) is 5.11 Å².